The number of halogens is 1. The molecule has 2 aromatic heterocycles. The van der Waals surface area contributed by atoms with Gasteiger partial charge in [0.25, 0.3) is 0 Å². The molecule has 150 valence electrons. The Kier molecular flexibility index (Phi) is 5.62. The number of benzene rings is 1. The lowest BCUT2D eigenvalue weighted by molar-refractivity contribution is -0.144. The summed E-state index contributed by atoms with van der Waals surface area (Å²) in [4.78, 5) is 28.2. The normalized spacial score (nSPS) is 12.1. The second-order valence-corrected chi connectivity index (χ2v) is 9.67. The summed E-state index contributed by atoms with van der Waals surface area (Å²) in [7, 11) is 0. The summed E-state index contributed by atoms with van der Waals surface area (Å²) in [6.45, 7) is 9.09. The predicted molar refractivity (Wildman–Crippen MR) is 106 cm³/mol. The van der Waals surface area contributed by atoms with Gasteiger partial charge in [0.2, 0.25) is 5.89 Å². The van der Waals surface area contributed by atoms with E-state index in [4.69, 9.17) is 9.15 Å². The van der Waals surface area contributed by atoms with E-state index in [1.165, 1.54) is 35.2 Å². The van der Waals surface area contributed by atoms with Crippen LogP contribution in [-0.2, 0) is 14.9 Å². The van der Waals surface area contributed by atoms with Crippen molar-refractivity contribution in [2.24, 2.45) is 0 Å². The molecule has 0 bridgehead atoms. The molecule has 0 saturated carbocycles. The van der Waals surface area contributed by atoms with Crippen molar-refractivity contribution < 1.29 is 18.3 Å². The topological polar surface area (TPSA) is 87.2 Å². The highest BCUT2D eigenvalue weighted by molar-refractivity contribution is 8.01. The number of esters is 1. The number of thiazole rings is 1. The number of aromatic nitrogens is 3. The highest BCUT2D eigenvalue weighted by Gasteiger charge is 2.24. The van der Waals surface area contributed by atoms with E-state index in [0.717, 1.165) is 4.68 Å². The average Bonchev–Trinajstić information content (AvgIpc) is 3.14. The molecule has 3 rings (SSSR count). The van der Waals surface area contributed by atoms with E-state index in [0.29, 0.717) is 14.6 Å². The lowest BCUT2D eigenvalue weighted by atomic mass is 9.97. The van der Waals surface area contributed by atoms with Gasteiger partial charge in [0, 0.05) is 5.41 Å². The molecule has 0 aliphatic carbocycles. The maximum Gasteiger partial charge on any atom is 0.442 e. The number of fused-ring (bicyclic) bond motifs is 1. The highest BCUT2D eigenvalue weighted by Crippen LogP contribution is 2.32. The van der Waals surface area contributed by atoms with E-state index >= 15 is 0 Å². The van der Waals surface area contributed by atoms with Crippen molar-refractivity contribution in [1.82, 2.24) is 14.8 Å². The molecule has 2 heterocycles. The molecule has 0 aliphatic heterocycles. The van der Waals surface area contributed by atoms with E-state index < -0.39 is 17.0 Å². The SMILES string of the molecule is CC(C)OC(=O)CSc1nc2cc(-n3nc(C(C)(C)C)oc3=O)c(F)cc2s1. The Bertz CT molecular complexity index is 1080. The van der Waals surface area contributed by atoms with Crippen molar-refractivity contribution in [2.45, 2.75) is 50.5 Å². The zero-order valence-corrected chi connectivity index (χ0v) is 17.7. The lowest BCUT2D eigenvalue weighted by Gasteiger charge is -2.10. The van der Waals surface area contributed by atoms with Gasteiger partial charge in [0.15, 0.2) is 10.2 Å². The van der Waals surface area contributed by atoms with Crippen molar-refractivity contribution in [2.75, 3.05) is 5.75 Å². The Morgan fingerprint density at radius 2 is 2.11 bits per heavy atom. The Morgan fingerprint density at radius 1 is 1.39 bits per heavy atom. The molecule has 10 heteroatoms. The van der Waals surface area contributed by atoms with Crippen LogP contribution in [0.5, 0.6) is 0 Å². The van der Waals surface area contributed by atoms with Gasteiger partial charge < -0.3 is 9.15 Å². The molecule has 0 spiro atoms. The molecule has 0 atom stereocenters. The molecule has 0 N–H and O–H groups in total. The summed E-state index contributed by atoms with van der Waals surface area (Å²) >= 11 is 2.48. The van der Waals surface area contributed by atoms with Crippen LogP contribution in [0.3, 0.4) is 0 Å². The van der Waals surface area contributed by atoms with Crippen molar-refractivity contribution in [3.63, 3.8) is 0 Å². The second kappa shape index (κ2) is 7.67. The summed E-state index contributed by atoms with van der Waals surface area (Å²) in [6, 6.07) is 2.75. The Morgan fingerprint density at radius 3 is 2.71 bits per heavy atom. The first-order valence-electron chi connectivity index (χ1n) is 8.58. The third-order valence-electron chi connectivity index (χ3n) is 3.54. The van der Waals surface area contributed by atoms with Crippen LogP contribution in [0.15, 0.2) is 25.7 Å². The molecular formula is C18H20FN3O4S2. The predicted octanol–water partition coefficient (Wildman–Crippen LogP) is 3.92. The van der Waals surface area contributed by atoms with E-state index in [1.54, 1.807) is 13.8 Å². The van der Waals surface area contributed by atoms with Crippen LogP contribution in [-0.4, -0.2) is 32.6 Å². The van der Waals surface area contributed by atoms with Crippen molar-refractivity contribution in [1.29, 1.82) is 0 Å². The third kappa shape index (κ3) is 4.44. The first-order valence-corrected chi connectivity index (χ1v) is 10.4. The van der Waals surface area contributed by atoms with Crippen molar-refractivity contribution >= 4 is 39.3 Å². The quantitative estimate of drug-likeness (QED) is 0.452. The number of carbonyl (C=O) groups is 1. The minimum atomic E-state index is -0.760. The molecule has 0 amide bonds. The van der Waals surface area contributed by atoms with Crippen LogP contribution in [0.2, 0.25) is 0 Å². The van der Waals surface area contributed by atoms with Crippen LogP contribution in [0.25, 0.3) is 15.9 Å². The number of hydrogen-bond donors (Lipinski definition) is 0. The van der Waals surface area contributed by atoms with Gasteiger partial charge in [-0.15, -0.1) is 16.4 Å². The zero-order valence-electron chi connectivity index (χ0n) is 16.1. The molecule has 0 unspecified atom stereocenters. The smallest absolute Gasteiger partial charge is 0.442 e. The van der Waals surface area contributed by atoms with Gasteiger partial charge >= 0.3 is 11.7 Å². The van der Waals surface area contributed by atoms with E-state index in [-0.39, 0.29) is 29.4 Å². The summed E-state index contributed by atoms with van der Waals surface area (Å²) in [5, 5.41) is 4.12. The monoisotopic (exact) mass is 425 g/mol. The molecule has 0 fully saturated rings. The van der Waals surface area contributed by atoms with Crippen LogP contribution in [0.1, 0.15) is 40.5 Å². The Hall–Kier alpha value is -2.20. The molecular weight excluding hydrogens is 405 g/mol. The summed E-state index contributed by atoms with van der Waals surface area (Å²) < 4.78 is 27.0. The van der Waals surface area contributed by atoms with Gasteiger partial charge in [-0.25, -0.2) is 14.2 Å². The van der Waals surface area contributed by atoms with Gasteiger partial charge in [-0.1, -0.05) is 32.5 Å². The van der Waals surface area contributed by atoms with E-state index in [1.807, 2.05) is 20.8 Å². The maximum absolute atomic E-state index is 14.6. The van der Waals surface area contributed by atoms with Gasteiger partial charge in [0.05, 0.1) is 22.1 Å². The van der Waals surface area contributed by atoms with Crippen LogP contribution < -0.4 is 5.76 Å². The van der Waals surface area contributed by atoms with E-state index in [9.17, 15) is 14.0 Å². The number of thioether (sulfide) groups is 1. The van der Waals surface area contributed by atoms with Gasteiger partial charge in [-0.2, -0.15) is 4.68 Å². The number of hydrogen-bond acceptors (Lipinski definition) is 8. The minimum Gasteiger partial charge on any atom is -0.462 e. The Balaban J connectivity index is 1.90. The molecule has 0 radical (unpaired) electrons. The maximum atomic E-state index is 14.6. The minimum absolute atomic E-state index is 0.0298. The summed E-state index contributed by atoms with van der Waals surface area (Å²) in [5.41, 5.74) is -0.00817. The third-order valence-corrected chi connectivity index (χ3v) is 5.67. The summed E-state index contributed by atoms with van der Waals surface area (Å²) in [6.07, 6.45) is -0.182. The van der Waals surface area contributed by atoms with Crippen LogP contribution >= 0.6 is 23.1 Å². The summed E-state index contributed by atoms with van der Waals surface area (Å²) in [5.74, 6) is -1.37. The van der Waals surface area contributed by atoms with Gasteiger partial charge in [-0.05, 0) is 26.0 Å². The molecule has 1 aromatic carbocycles. The standard InChI is InChI=1S/C18H20FN3O4S2/c1-9(2)25-14(23)8-27-16-20-11-7-12(10(19)6-13(11)28-16)22-17(24)26-15(21-22)18(3,4)5/h6-7,9H,8H2,1-5H3. The first kappa shape index (κ1) is 20.5. The fourth-order valence-electron chi connectivity index (χ4n) is 2.29. The first-order chi connectivity index (χ1) is 13.0. The van der Waals surface area contributed by atoms with Gasteiger partial charge in [-0.3, -0.25) is 4.79 Å². The van der Waals surface area contributed by atoms with Crippen LogP contribution in [0, 0.1) is 5.82 Å². The number of rotatable bonds is 5. The highest BCUT2D eigenvalue weighted by atomic mass is 32.2. The van der Waals surface area contributed by atoms with Crippen molar-refractivity contribution in [3.8, 4) is 5.69 Å². The number of ether oxygens (including phenoxy) is 1. The fraction of sp³-hybridized carbons (Fsp3) is 0.444. The Labute approximate surface area is 168 Å². The molecule has 7 nitrogen and oxygen atoms in total. The average molecular weight is 426 g/mol. The lowest BCUT2D eigenvalue weighted by Crippen LogP contribution is -2.15. The van der Waals surface area contributed by atoms with E-state index in [2.05, 4.69) is 10.1 Å². The number of nitrogens with zero attached hydrogens (tertiary/aromatic N) is 3. The van der Waals surface area contributed by atoms with Crippen LogP contribution in [0.4, 0.5) is 4.39 Å². The zero-order chi connectivity index (χ0) is 20.6. The van der Waals surface area contributed by atoms with Gasteiger partial charge in [0.1, 0.15) is 5.69 Å². The fourth-order valence-corrected chi connectivity index (χ4v) is 4.15. The molecule has 0 aliphatic rings. The molecule has 0 saturated heterocycles. The largest absolute Gasteiger partial charge is 0.462 e. The molecule has 3 aromatic rings. The second-order valence-electron chi connectivity index (χ2n) is 7.41. The number of carbonyl (C=O) groups excluding carboxylic acids is 1. The van der Waals surface area contributed by atoms with Crippen molar-refractivity contribution in [3.05, 3.63) is 34.4 Å². The molecule has 28 heavy (non-hydrogen) atoms.